The molecule has 0 heterocycles. The number of hydrogen-bond donors (Lipinski definition) is 1. The van der Waals surface area contributed by atoms with Crippen molar-refractivity contribution in [3.05, 3.63) is 34.9 Å². The Bertz CT molecular complexity index is 369. The van der Waals surface area contributed by atoms with Gasteiger partial charge >= 0.3 is 0 Å². The molecule has 0 aliphatic rings. The van der Waals surface area contributed by atoms with Gasteiger partial charge in [0.15, 0.2) is 0 Å². The molecule has 1 N–H and O–H groups in total. The summed E-state index contributed by atoms with van der Waals surface area (Å²) in [5.41, 5.74) is 4.21. The molecule has 2 nitrogen and oxygen atoms in total. The minimum atomic E-state index is 0.588. The highest BCUT2D eigenvalue weighted by Gasteiger charge is 2.19. The van der Waals surface area contributed by atoms with Gasteiger partial charge in [0, 0.05) is 20.2 Å². The van der Waals surface area contributed by atoms with Crippen LogP contribution in [-0.4, -0.2) is 26.8 Å². The summed E-state index contributed by atoms with van der Waals surface area (Å²) < 4.78 is 5.11. The minimum Gasteiger partial charge on any atom is -0.383 e. The smallest absolute Gasteiger partial charge is 0.0587 e. The molecule has 1 rings (SSSR count). The number of nitrogens with one attached hydrogen (secondary N) is 1. The van der Waals surface area contributed by atoms with E-state index < -0.39 is 0 Å². The number of benzene rings is 1. The molecule has 114 valence electrons. The van der Waals surface area contributed by atoms with E-state index in [-0.39, 0.29) is 0 Å². The van der Waals surface area contributed by atoms with Gasteiger partial charge < -0.3 is 10.1 Å². The van der Waals surface area contributed by atoms with Crippen LogP contribution in [0.5, 0.6) is 0 Å². The van der Waals surface area contributed by atoms with Crippen molar-refractivity contribution < 1.29 is 4.74 Å². The summed E-state index contributed by atoms with van der Waals surface area (Å²) >= 11 is 0. The van der Waals surface area contributed by atoms with Crippen LogP contribution in [0, 0.1) is 19.8 Å². The third kappa shape index (κ3) is 5.64. The summed E-state index contributed by atoms with van der Waals surface area (Å²) in [6.45, 7) is 11.8. The first-order valence-corrected chi connectivity index (χ1v) is 7.86. The summed E-state index contributed by atoms with van der Waals surface area (Å²) in [7, 11) is 1.75. The van der Waals surface area contributed by atoms with Crippen molar-refractivity contribution >= 4 is 0 Å². The highest BCUT2D eigenvalue weighted by Crippen LogP contribution is 2.28. The summed E-state index contributed by atoms with van der Waals surface area (Å²) in [6, 6.07) is 6.95. The first-order chi connectivity index (χ1) is 9.58. The van der Waals surface area contributed by atoms with Crippen LogP contribution in [0.3, 0.4) is 0 Å². The number of hydrogen-bond acceptors (Lipinski definition) is 2. The van der Waals surface area contributed by atoms with E-state index in [4.69, 9.17) is 4.74 Å². The molecule has 20 heavy (non-hydrogen) atoms. The van der Waals surface area contributed by atoms with Crippen LogP contribution in [0.25, 0.3) is 0 Å². The molecule has 2 atom stereocenters. The molecule has 0 aliphatic carbocycles. The van der Waals surface area contributed by atoms with Gasteiger partial charge in [-0.2, -0.15) is 0 Å². The lowest BCUT2D eigenvalue weighted by atomic mass is 9.83. The van der Waals surface area contributed by atoms with E-state index in [1.165, 1.54) is 29.5 Å². The summed E-state index contributed by atoms with van der Waals surface area (Å²) in [6.07, 6.45) is 2.53. The number of methoxy groups -OCH3 is 1. The zero-order valence-electron chi connectivity index (χ0n) is 13.8. The number of ether oxygens (including phenoxy) is 1. The lowest BCUT2D eigenvalue weighted by Crippen LogP contribution is -2.28. The van der Waals surface area contributed by atoms with Gasteiger partial charge in [0.1, 0.15) is 0 Å². The molecule has 0 bridgehead atoms. The monoisotopic (exact) mass is 277 g/mol. The summed E-state index contributed by atoms with van der Waals surface area (Å²) in [5.74, 6) is 1.29. The Morgan fingerprint density at radius 2 is 1.80 bits per heavy atom. The molecule has 1 aromatic carbocycles. The quantitative estimate of drug-likeness (QED) is 0.687. The second kappa shape index (κ2) is 9.15. The van der Waals surface area contributed by atoms with Crippen molar-refractivity contribution in [2.24, 2.45) is 5.92 Å². The van der Waals surface area contributed by atoms with Crippen molar-refractivity contribution in [1.82, 2.24) is 5.32 Å². The second-order valence-corrected chi connectivity index (χ2v) is 5.99. The van der Waals surface area contributed by atoms with Crippen molar-refractivity contribution in [3.63, 3.8) is 0 Å². The average Bonchev–Trinajstić information content (AvgIpc) is 2.37. The predicted octanol–water partition coefficient (Wildman–Crippen LogP) is 4.06. The van der Waals surface area contributed by atoms with Gasteiger partial charge in [0.2, 0.25) is 0 Å². The standard InChI is InChI=1S/C18H31NO/c1-6-7-16(4)18(13-19-8-9-20-5)17-11-14(2)10-15(3)12-17/h10-12,16,18-19H,6-9,13H2,1-5H3. The lowest BCUT2D eigenvalue weighted by Gasteiger charge is -2.25. The second-order valence-electron chi connectivity index (χ2n) is 5.99. The fraction of sp³-hybridized carbons (Fsp3) is 0.667. The van der Waals surface area contributed by atoms with Crippen molar-refractivity contribution in [3.8, 4) is 0 Å². The van der Waals surface area contributed by atoms with E-state index in [2.05, 4.69) is 51.2 Å². The van der Waals surface area contributed by atoms with E-state index in [0.717, 1.165) is 19.7 Å². The Morgan fingerprint density at radius 3 is 2.35 bits per heavy atom. The Morgan fingerprint density at radius 1 is 1.15 bits per heavy atom. The third-order valence-corrected chi connectivity index (χ3v) is 3.95. The Balaban J connectivity index is 2.79. The SMILES string of the molecule is CCCC(C)C(CNCCOC)c1cc(C)cc(C)c1. The highest BCUT2D eigenvalue weighted by molar-refractivity contribution is 5.31. The molecule has 0 saturated carbocycles. The molecule has 0 aliphatic heterocycles. The number of aryl methyl sites for hydroxylation is 2. The molecule has 0 radical (unpaired) electrons. The van der Waals surface area contributed by atoms with Gasteiger partial charge in [-0.05, 0) is 31.2 Å². The van der Waals surface area contributed by atoms with Crippen LogP contribution in [0.1, 0.15) is 49.3 Å². The maximum absolute atomic E-state index is 5.11. The topological polar surface area (TPSA) is 21.3 Å². The molecular weight excluding hydrogens is 246 g/mol. The van der Waals surface area contributed by atoms with Crippen LogP contribution in [-0.2, 0) is 4.74 Å². The van der Waals surface area contributed by atoms with E-state index in [0.29, 0.717) is 11.8 Å². The van der Waals surface area contributed by atoms with Crippen molar-refractivity contribution in [1.29, 1.82) is 0 Å². The normalized spacial score (nSPS) is 14.2. The van der Waals surface area contributed by atoms with Crippen LogP contribution in [0.15, 0.2) is 18.2 Å². The van der Waals surface area contributed by atoms with E-state index >= 15 is 0 Å². The van der Waals surface area contributed by atoms with Gasteiger partial charge in [-0.1, -0.05) is 56.0 Å². The van der Waals surface area contributed by atoms with Gasteiger partial charge in [-0.3, -0.25) is 0 Å². The average molecular weight is 277 g/mol. The van der Waals surface area contributed by atoms with Crippen LogP contribution in [0.4, 0.5) is 0 Å². The molecular formula is C18H31NO. The zero-order valence-corrected chi connectivity index (χ0v) is 13.8. The van der Waals surface area contributed by atoms with Crippen LogP contribution < -0.4 is 5.32 Å². The highest BCUT2D eigenvalue weighted by atomic mass is 16.5. The van der Waals surface area contributed by atoms with Crippen LogP contribution in [0.2, 0.25) is 0 Å². The Kier molecular flexibility index (Phi) is 7.86. The minimum absolute atomic E-state index is 0.588. The van der Waals surface area contributed by atoms with Crippen molar-refractivity contribution in [2.75, 3.05) is 26.8 Å². The van der Waals surface area contributed by atoms with Gasteiger partial charge in [-0.25, -0.2) is 0 Å². The fourth-order valence-corrected chi connectivity index (χ4v) is 2.96. The molecule has 0 amide bonds. The third-order valence-electron chi connectivity index (χ3n) is 3.95. The molecule has 2 heteroatoms. The van der Waals surface area contributed by atoms with E-state index in [9.17, 15) is 0 Å². The maximum Gasteiger partial charge on any atom is 0.0587 e. The Labute approximate surface area is 124 Å². The summed E-state index contributed by atoms with van der Waals surface area (Å²) in [4.78, 5) is 0. The molecule has 2 unspecified atom stereocenters. The number of rotatable bonds is 9. The van der Waals surface area contributed by atoms with Gasteiger partial charge in [0.05, 0.1) is 6.61 Å². The molecule has 0 fully saturated rings. The molecule has 0 saturated heterocycles. The van der Waals surface area contributed by atoms with Crippen molar-refractivity contribution in [2.45, 2.75) is 46.5 Å². The fourth-order valence-electron chi connectivity index (χ4n) is 2.96. The molecule has 0 spiro atoms. The summed E-state index contributed by atoms with van der Waals surface area (Å²) in [5, 5.41) is 3.54. The van der Waals surface area contributed by atoms with Gasteiger partial charge in [-0.15, -0.1) is 0 Å². The van der Waals surface area contributed by atoms with Gasteiger partial charge in [0.25, 0.3) is 0 Å². The molecule has 0 aromatic heterocycles. The molecule has 1 aromatic rings. The first-order valence-electron chi connectivity index (χ1n) is 7.86. The largest absolute Gasteiger partial charge is 0.383 e. The first kappa shape index (κ1) is 17.2. The van der Waals surface area contributed by atoms with E-state index in [1.54, 1.807) is 7.11 Å². The lowest BCUT2D eigenvalue weighted by molar-refractivity contribution is 0.198. The van der Waals surface area contributed by atoms with Crippen LogP contribution >= 0.6 is 0 Å². The predicted molar refractivity (Wildman–Crippen MR) is 87.5 cm³/mol. The maximum atomic E-state index is 5.11. The van der Waals surface area contributed by atoms with E-state index in [1.807, 2.05) is 0 Å². The zero-order chi connectivity index (χ0) is 15.0. The Hall–Kier alpha value is -0.860.